The van der Waals surface area contributed by atoms with Crippen molar-refractivity contribution in [3.05, 3.63) is 66.6 Å². The molecule has 0 atom stereocenters. The topological polar surface area (TPSA) is 58.9 Å². The Morgan fingerprint density at radius 2 is 1.76 bits per heavy atom. The molecule has 0 saturated heterocycles. The second-order valence-corrected chi connectivity index (χ2v) is 6.84. The fourth-order valence-electron chi connectivity index (χ4n) is 3.61. The van der Waals surface area contributed by atoms with Gasteiger partial charge in [-0.2, -0.15) is 5.26 Å². The van der Waals surface area contributed by atoms with Crippen molar-refractivity contribution in [3.8, 4) is 28.6 Å². The Labute approximate surface area is 169 Å². The molecule has 1 aliphatic rings. The number of hydrogen-bond donors (Lipinski definition) is 0. The van der Waals surface area contributed by atoms with Crippen LogP contribution in [0.15, 0.2) is 55.1 Å². The Morgan fingerprint density at radius 3 is 2.41 bits per heavy atom. The summed E-state index contributed by atoms with van der Waals surface area (Å²) in [6, 6.07) is 12.9. The van der Waals surface area contributed by atoms with E-state index in [1.807, 2.05) is 38.5 Å². The van der Waals surface area contributed by atoms with Crippen molar-refractivity contribution in [3.63, 3.8) is 0 Å². The molecule has 6 heteroatoms. The molecule has 146 valence electrons. The van der Waals surface area contributed by atoms with Crippen LogP contribution < -0.4 is 0 Å². The van der Waals surface area contributed by atoms with Gasteiger partial charge >= 0.3 is 0 Å². The lowest BCUT2D eigenvalue weighted by molar-refractivity contribution is 0.316. The van der Waals surface area contributed by atoms with Gasteiger partial charge in [0.25, 0.3) is 0 Å². The van der Waals surface area contributed by atoms with Crippen molar-refractivity contribution in [2.75, 3.05) is 0 Å². The van der Waals surface area contributed by atoms with E-state index in [0.717, 1.165) is 41.0 Å². The van der Waals surface area contributed by atoms with Gasteiger partial charge in [0.2, 0.25) is 0 Å². The van der Waals surface area contributed by atoms with E-state index in [4.69, 9.17) is 0 Å². The van der Waals surface area contributed by atoms with Gasteiger partial charge in [0.1, 0.15) is 23.2 Å². The van der Waals surface area contributed by atoms with Crippen LogP contribution in [-0.2, 0) is 0 Å². The number of benzene rings is 1. The lowest BCUT2D eigenvalue weighted by atomic mass is 9.92. The summed E-state index contributed by atoms with van der Waals surface area (Å²) < 4.78 is 17.4. The van der Waals surface area contributed by atoms with E-state index >= 15 is 0 Å². The van der Waals surface area contributed by atoms with Gasteiger partial charge in [-0.15, -0.1) is 0 Å². The standard InChI is InChI=1S/C21H16FN5.C2H6/c22-16-7-4-14(5-8-16)20-21(27(13-25-20)17-2-1-3-17)15-6-9-19-24-11-18(10-23)26(19)12-15;1-2/h4-9,11-13,17H,1-3H2;1-2H3. The molecule has 3 heterocycles. The molecule has 0 unspecified atom stereocenters. The monoisotopic (exact) mass is 387 g/mol. The van der Waals surface area contributed by atoms with Crippen LogP contribution in [0.4, 0.5) is 4.39 Å². The average Bonchev–Trinajstić information content (AvgIpc) is 3.32. The molecule has 5 nitrogen and oxygen atoms in total. The van der Waals surface area contributed by atoms with Crippen molar-refractivity contribution in [2.45, 2.75) is 39.2 Å². The van der Waals surface area contributed by atoms with Gasteiger partial charge in [-0.3, -0.25) is 4.40 Å². The summed E-state index contributed by atoms with van der Waals surface area (Å²) in [5.41, 5.74) is 4.86. The maximum atomic E-state index is 13.4. The van der Waals surface area contributed by atoms with Crippen LogP contribution >= 0.6 is 0 Å². The molecule has 0 aliphatic heterocycles. The molecule has 0 N–H and O–H groups in total. The lowest BCUT2D eigenvalue weighted by Gasteiger charge is -2.28. The van der Waals surface area contributed by atoms with Crippen LogP contribution in [0.3, 0.4) is 0 Å². The van der Waals surface area contributed by atoms with Crippen LogP contribution in [0.5, 0.6) is 0 Å². The van der Waals surface area contributed by atoms with Gasteiger partial charge in [-0.1, -0.05) is 13.8 Å². The number of hydrogen-bond acceptors (Lipinski definition) is 3. The summed E-state index contributed by atoms with van der Waals surface area (Å²) in [4.78, 5) is 8.92. The van der Waals surface area contributed by atoms with Crippen molar-refractivity contribution >= 4 is 5.65 Å². The van der Waals surface area contributed by atoms with Gasteiger partial charge in [0.05, 0.1) is 23.9 Å². The smallest absolute Gasteiger partial charge is 0.144 e. The van der Waals surface area contributed by atoms with E-state index in [1.54, 1.807) is 22.7 Å². The van der Waals surface area contributed by atoms with Gasteiger partial charge in [0, 0.05) is 23.4 Å². The molecule has 3 aromatic heterocycles. The minimum atomic E-state index is -0.266. The summed E-state index contributed by atoms with van der Waals surface area (Å²) >= 11 is 0. The third kappa shape index (κ3) is 3.29. The Hall–Kier alpha value is -3.46. The third-order valence-corrected chi connectivity index (χ3v) is 5.27. The number of fused-ring (bicyclic) bond motifs is 1. The Bertz CT molecular complexity index is 1180. The molecular formula is C23H22FN5. The number of halogens is 1. The quantitative estimate of drug-likeness (QED) is 0.458. The van der Waals surface area contributed by atoms with E-state index in [-0.39, 0.29) is 5.82 Å². The summed E-state index contributed by atoms with van der Waals surface area (Å²) in [5.74, 6) is -0.266. The Balaban J connectivity index is 0.000000994. The minimum absolute atomic E-state index is 0.266. The number of imidazole rings is 2. The first-order valence-electron chi connectivity index (χ1n) is 9.95. The van der Waals surface area contributed by atoms with E-state index in [0.29, 0.717) is 11.7 Å². The molecule has 0 amide bonds. The lowest BCUT2D eigenvalue weighted by Crippen LogP contribution is -2.17. The molecule has 0 spiro atoms. The fraction of sp³-hybridized carbons (Fsp3) is 0.261. The number of nitrogens with zero attached hydrogens (tertiary/aromatic N) is 5. The van der Waals surface area contributed by atoms with Crippen LogP contribution in [0.1, 0.15) is 44.8 Å². The molecule has 1 saturated carbocycles. The molecule has 1 aliphatic carbocycles. The SMILES string of the molecule is CC.N#Cc1cnc2ccc(-c3c(-c4ccc(F)cc4)ncn3C3CCC3)cn12. The average molecular weight is 387 g/mol. The van der Waals surface area contributed by atoms with E-state index in [2.05, 4.69) is 20.6 Å². The normalized spacial score (nSPS) is 13.4. The highest BCUT2D eigenvalue weighted by atomic mass is 19.1. The molecule has 1 aromatic carbocycles. The molecule has 0 radical (unpaired) electrons. The van der Waals surface area contributed by atoms with E-state index in [9.17, 15) is 9.65 Å². The first-order valence-corrected chi connectivity index (χ1v) is 9.95. The zero-order chi connectivity index (χ0) is 20.4. The largest absolute Gasteiger partial charge is 0.327 e. The van der Waals surface area contributed by atoms with E-state index < -0.39 is 0 Å². The highest BCUT2D eigenvalue weighted by Crippen LogP contribution is 2.39. The zero-order valence-corrected chi connectivity index (χ0v) is 16.5. The summed E-state index contributed by atoms with van der Waals surface area (Å²) in [5, 5.41) is 9.33. The maximum Gasteiger partial charge on any atom is 0.144 e. The van der Waals surface area contributed by atoms with Gasteiger partial charge in [-0.05, 0) is 55.7 Å². The van der Waals surface area contributed by atoms with Crippen LogP contribution in [0.25, 0.3) is 28.2 Å². The molecule has 5 rings (SSSR count). The van der Waals surface area contributed by atoms with Gasteiger partial charge in [0.15, 0.2) is 0 Å². The first kappa shape index (κ1) is 18.9. The maximum absolute atomic E-state index is 13.4. The molecular weight excluding hydrogens is 365 g/mol. The Morgan fingerprint density at radius 1 is 1.03 bits per heavy atom. The van der Waals surface area contributed by atoms with Crippen molar-refractivity contribution in [1.82, 2.24) is 18.9 Å². The van der Waals surface area contributed by atoms with Crippen molar-refractivity contribution in [1.29, 1.82) is 5.26 Å². The Kier molecular flexibility index (Phi) is 5.13. The van der Waals surface area contributed by atoms with Crippen molar-refractivity contribution < 1.29 is 4.39 Å². The molecule has 0 bridgehead atoms. The van der Waals surface area contributed by atoms with Gasteiger partial charge in [-0.25, -0.2) is 14.4 Å². The van der Waals surface area contributed by atoms with Crippen LogP contribution in [0, 0.1) is 17.1 Å². The van der Waals surface area contributed by atoms with Crippen molar-refractivity contribution in [2.24, 2.45) is 0 Å². The molecule has 1 fully saturated rings. The third-order valence-electron chi connectivity index (χ3n) is 5.27. The predicted octanol–water partition coefficient (Wildman–Crippen LogP) is 5.63. The molecule has 29 heavy (non-hydrogen) atoms. The second kappa shape index (κ2) is 7.88. The highest BCUT2D eigenvalue weighted by Gasteiger charge is 2.25. The van der Waals surface area contributed by atoms with Crippen LogP contribution in [-0.4, -0.2) is 18.9 Å². The first-order chi connectivity index (χ1) is 14.2. The minimum Gasteiger partial charge on any atom is -0.327 e. The van der Waals surface area contributed by atoms with Crippen LogP contribution in [0.2, 0.25) is 0 Å². The number of nitriles is 1. The highest BCUT2D eigenvalue weighted by molar-refractivity contribution is 5.79. The zero-order valence-electron chi connectivity index (χ0n) is 16.5. The summed E-state index contributed by atoms with van der Waals surface area (Å²) in [6.45, 7) is 4.00. The molecule has 4 aromatic rings. The summed E-state index contributed by atoms with van der Waals surface area (Å²) in [7, 11) is 0. The van der Waals surface area contributed by atoms with E-state index in [1.165, 1.54) is 18.6 Å². The number of aromatic nitrogens is 4. The fourth-order valence-corrected chi connectivity index (χ4v) is 3.61. The second-order valence-electron chi connectivity index (χ2n) is 6.84. The summed E-state index contributed by atoms with van der Waals surface area (Å²) in [6.07, 6.45) is 8.85. The number of pyridine rings is 1. The predicted molar refractivity (Wildman–Crippen MR) is 111 cm³/mol. The number of rotatable bonds is 3. The van der Waals surface area contributed by atoms with Gasteiger partial charge < -0.3 is 4.57 Å².